The average Bonchev–Trinajstić information content (AvgIpc) is 3.40. The maximum atomic E-state index is 13.6. The molecule has 2 N–H and O–H groups in total. The molecule has 15 heteroatoms. The molecule has 0 saturated carbocycles. The smallest absolute Gasteiger partial charge is 0.422 e. The second kappa shape index (κ2) is 12.3. The lowest BCUT2D eigenvalue weighted by Gasteiger charge is -2.39. The van der Waals surface area contributed by atoms with E-state index < -0.39 is 30.5 Å². The number of nitrogens with zero attached hydrogens (tertiary/aromatic N) is 6. The van der Waals surface area contributed by atoms with Gasteiger partial charge in [0.05, 0.1) is 22.6 Å². The molecule has 1 amide bonds. The fraction of sp³-hybridized carbons (Fsp3) is 0.414. The van der Waals surface area contributed by atoms with Crippen LogP contribution in [0.5, 0.6) is 5.88 Å². The predicted molar refractivity (Wildman–Crippen MR) is 153 cm³/mol. The summed E-state index contributed by atoms with van der Waals surface area (Å²) in [5, 5.41) is 3.17. The first-order chi connectivity index (χ1) is 20.8. The topological polar surface area (TPSA) is 112 Å². The number of fused-ring (bicyclic) bond motifs is 1. The summed E-state index contributed by atoms with van der Waals surface area (Å²) < 4.78 is 69.6. The maximum absolute atomic E-state index is 13.6. The number of halogens is 5. The average molecular weight is 619 g/mol. The second-order valence-corrected chi connectivity index (χ2v) is 10.8. The first-order valence-corrected chi connectivity index (χ1v) is 13.9. The van der Waals surface area contributed by atoms with Crippen molar-refractivity contribution >= 4 is 28.7 Å². The summed E-state index contributed by atoms with van der Waals surface area (Å²) >= 11 is 0. The third-order valence-corrected chi connectivity index (χ3v) is 7.62. The Hall–Kier alpha value is -4.40. The minimum atomic E-state index is -4.48. The van der Waals surface area contributed by atoms with Crippen LogP contribution in [0.15, 0.2) is 48.9 Å². The molecule has 0 aliphatic carbocycles. The molecule has 44 heavy (non-hydrogen) atoms. The van der Waals surface area contributed by atoms with Crippen molar-refractivity contribution in [1.29, 1.82) is 0 Å². The SMILES string of the molecule is CC(c1ccnc(Nc2nc3ccc(-c4cc(OCC(F)(F)F)ncn4)cc3[nH]2)c1)N1CCN(C(=O)C(C)C(C)(F)F)CC1. The standard InChI is InChI=1S/C29H31F5N8O2/c1-17(28(3,30)31)26(43)42-10-8-41(9-11-42)18(2)19-6-7-35-24(13-19)40-27-38-21-5-4-20(12-23(21)39-27)22-14-25(37-16-36-22)44-15-29(32,33)34/h4-7,12-14,16-18H,8-11,15H2,1-3H3,(H2,35,38,39,40). The number of ether oxygens (including phenoxy) is 1. The number of imidazole rings is 1. The molecule has 1 fully saturated rings. The Balaban J connectivity index is 1.23. The number of hydrogen-bond acceptors (Lipinski definition) is 8. The van der Waals surface area contributed by atoms with Crippen LogP contribution in [0.25, 0.3) is 22.3 Å². The van der Waals surface area contributed by atoms with Gasteiger partial charge >= 0.3 is 6.18 Å². The van der Waals surface area contributed by atoms with E-state index in [0.717, 1.165) is 18.8 Å². The zero-order chi connectivity index (χ0) is 31.6. The van der Waals surface area contributed by atoms with Crippen LogP contribution in [0, 0.1) is 5.92 Å². The number of rotatable bonds is 9. The molecule has 4 heterocycles. The van der Waals surface area contributed by atoms with Gasteiger partial charge in [0.2, 0.25) is 17.7 Å². The Labute approximate surface area is 249 Å². The zero-order valence-corrected chi connectivity index (χ0v) is 24.2. The molecular weight excluding hydrogens is 587 g/mol. The van der Waals surface area contributed by atoms with Gasteiger partial charge in [0.15, 0.2) is 6.61 Å². The quantitative estimate of drug-likeness (QED) is 0.234. The number of anilines is 2. The van der Waals surface area contributed by atoms with Gasteiger partial charge < -0.3 is 19.9 Å². The Bertz CT molecular complexity index is 1620. The van der Waals surface area contributed by atoms with Gasteiger partial charge in [-0.25, -0.2) is 28.7 Å². The van der Waals surface area contributed by atoms with E-state index in [-0.39, 0.29) is 11.9 Å². The number of H-pyrrole nitrogens is 1. The highest BCUT2D eigenvalue weighted by Gasteiger charge is 2.39. The van der Waals surface area contributed by atoms with E-state index in [4.69, 9.17) is 4.74 Å². The number of nitrogens with one attached hydrogen (secondary N) is 2. The number of hydrogen-bond donors (Lipinski definition) is 2. The van der Waals surface area contributed by atoms with Crippen LogP contribution in [0.4, 0.5) is 33.7 Å². The van der Waals surface area contributed by atoms with Gasteiger partial charge in [0.1, 0.15) is 12.1 Å². The highest BCUT2D eigenvalue weighted by molar-refractivity contribution is 5.83. The largest absolute Gasteiger partial charge is 0.468 e. The van der Waals surface area contributed by atoms with Crippen LogP contribution in [0.1, 0.15) is 32.4 Å². The summed E-state index contributed by atoms with van der Waals surface area (Å²) in [6.45, 7) is 4.46. The van der Waals surface area contributed by atoms with E-state index >= 15 is 0 Å². The van der Waals surface area contributed by atoms with Crippen molar-refractivity contribution in [1.82, 2.24) is 34.7 Å². The second-order valence-electron chi connectivity index (χ2n) is 10.8. The molecule has 1 aromatic carbocycles. The fourth-order valence-corrected chi connectivity index (χ4v) is 4.89. The molecule has 0 bridgehead atoms. The van der Waals surface area contributed by atoms with E-state index in [1.165, 1.54) is 17.9 Å². The predicted octanol–water partition coefficient (Wildman–Crippen LogP) is 5.60. The fourth-order valence-electron chi connectivity index (χ4n) is 4.89. The highest BCUT2D eigenvalue weighted by Crippen LogP contribution is 2.29. The van der Waals surface area contributed by atoms with Crippen molar-refractivity contribution in [2.45, 2.75) is 38.9 Å². The van der Waals surface area contributed by atoms with Gasteiger partial charge in [-0.15, -0.1) is 0 Å². The van der Waals surface area contributed by atoms with Crippen LogP contribution in [-0.4, -0.2) is 85.5 Å². The Kier molecular flexibility index (Phi) is 8.68. The monoisotopic (exact) mass is 618 g/mol. The minimum Gasteiger partial charge on any atom is -0.468 e. The first kappa shape index (κ1) is 31.0. The van der Waals surface area contributed by atoms with Gasteiger partial charge in [0, 0.05) is 57.0 Å². The van der Waals surface area contributed by atoms with E-state index in [1.54, 1.807) is 24.4 Å². The number of amides is 1. The summed E-state index contributed by atoms with van der Waals surface area (Å²) in [7, 11) is 0. The van der Waals surface area contributed by atoms with Crippen LogP contribution < -0.4 is 10.1 Å². The van der Waals surface area contributed by atoms with Crippen LogP contribution in [-0.2, 0) is 4.79 Å². The van der Waals surface area contributed by atoms with Crippen molar-refractivity contribution in [2.75, 3.05) is 38.1 Å². The molecule has 1 aliphatic heterocycles. The Morgan fingerprint density at radius 2 is 1.77 bits per heavy atom. The van der Waals surface area contributed by atoms with Crippen LogP contribution in [0.2, 0.25) is 0 Å². The third kappa shape index (κ3) is 7.38. The highest BCUT2D eigenvalue weighted by atomic mass is 19.4. The Morgan fingerprint density at radius 3 is 2.48 bits per heavy atom. The Morgan fingerprint density at radius 1 is 1.02 bits per heavy atom. The number of benzene rings is 1. The molecule has 2 unspecified atom stereocenters. The summed E-state index contributed by atoms with van der Waals surface area (Å²) in [4.78, 5) is 36.2. The van der Waals surface area contributed by atoms with Gasteiger partial charge in [-0.05, 0) is 43.7 Å². The van der Waals surface area contributed by atoms with Crippen molar-refractivity contribution in [3.05, 3.63) is 54.5 Å². The molecule has 2 atom stereocenters. The van der Waals surface area contributed by atoms with E-state index in [9.17, 15) is 26.7 Å². The molecule has 0 radical (unpaired) electrons. The van der Waals surface area contributed by atoms with E-state index in [1.807, 2.05) is 19.1 Å². The molecule has 1 saturated heterocycles. The van der Waals surface area contributed by atoms with Crippen molar-refractivity contribution in [3.63, 3.8) is 0 Å². The van der Waals surface area contributed by atoms with E-state index in [0.29, 0.717) is 60.2 Å². The summed E-state index contributed by atoms with van der Waals surface area (Å²) in [6, 6.07) is 10.4. The molecule has 5 rings (SSSR count). The minimum absolute atomic E-state index is 0.0167. The van der Waals surface area contributed by atoms with Crippen molar-refractivity contribution in [3.8, 4) is 17.1 Å². The molecule has 10 nitrogen and oxygen atoms in total. The molecule has 1 aliphatic rings. The lowest BCUT2D eigenvalue weighted by Crippen LogP contribution is -2.52. The van der Waals surface area contributed by atoms with Gasteiger partial charge in [0.25, 0.3) is 5.92 Å². The number of carbonyl (C=O) groups excluding carboxylic acids is 1. The molecule has 234 valence electrons. The van der Waals surface area contributed by atoms with Gasteiger partial charge in [-0.1, -0.05) is 6.07 Å². The number of alkyl halides is 5. The van der Waals surface area contributed by atoms with Gasteiger partial charge in [-0.2, -0.15) is 13.2 Å². The molecule has 0 spiro atoms. The molecular formula is C29H31F5N8O2. The summed E-state index contributed by atoms with van der Waals surface area (Å²) in [5.41, 5.74) is 3.29. The normalized spacial score (nSPS) is 16.1. The van der Waals surface area contributed by atoms with E-state index in [2.05, 4.69) is 35.1 Å². The number of carbonyl (C=O) groups is 1. The third-order valence-electron chi connectivity index (χ3n) is 7.62. The van der Waals surface area contributed by atoms with Crippen molar-refractivity contribution < 1.29 is 31.5 Å². The lowest BCUT2D eigenvalue weighted by atomic mass is 10.0. The van der Waals surface area contributed by atoms with Crippen LogP contribution in [0.3, 0.4) is 0 Å². The maximum Gasteiger partial charge on any atom is 0.422 e. The first-order valence-electron chi connectivity index (χ1n) is 13.9. The summed E-state index contributed by atoms with van der Waals surface area (Å²) in [6.07, 6.45) is -1.67. The molecule has 3 aromatic heterocycles. The van der Waals surface area contributed by atoms with Crippen molar-refractivity contribution in [2.24, 2.45) is 5.92 Å². The number of piperazine rings is 1. The zero-order valence-electron chi connectivity index (χ0n) is 24.2. The molecule has 4 aromatic rings. The van der Waals surface area contributed by atoms with Gasteiger partial charge in [-0.3, -0.25) is 9.69 Å². The number of pyridine rings is 1. The summed E-state index contributed by atoms with van der Waals surface area (Å²) in [5.74, 6) is -4.18. The number of aromatic nitrogens is 5. The number of aromatic amines is 1. The lowest BCUT2D eigenvalue weighted by molar-refractivity contribution is -0.154. The van der Waals surface area contributed by atoms with Crippen LogP contribution >= 0.6 is 0 Å².